The highest BCUT2D eigenvalue weighted by Crippen LogP contribution is 2.37. The predicted octanol–water partition coefficient (Wildman–Crippen LogP) is 5.33. The van der Waals surface area contributed by atoms with E-state index in [1.54, 1.807) is 6.92 Å². The van der Waals surface area contributed by atoms with Gasteiger partial charge in [0.05, 0.1) is 26.1 Å². The lowest BCUT2D eigenvalue weighted by atomic mass is 9.99. The zero-order valence-corrected chi connectivity index (χ0v) is 21.3. The number of aliphatic hydroxyl groups is 1. The molecule has 2 atom stereocenters. The lowest BCUT2D eigenvalue weighted by Crippen LogP contribution is -2.31. The third kappa shape index (κ3) is 6.37. The van der Waals surface area contributed by atoms with E-state index in [1.807, 2.05) is 0 Å². The first-order chi connectivity index (χ1) is 17.2. The van der Waals surface area contributed by atoms with Crippen molar-refractivity contribution >= 4 is 38.9 Å². The number of alkyl halides is 3. The Labute approximate surface area is 219 Å². The van der Waals surface area contributed by atoms with Crippen LogP contribution in [0.2, 0.25) is 10.0 Å². The van der Waals surface area contributed by atoms with Crippen LogP contribution in [0.25, 0.3) is 0 Å². The van der Waals surface area contributed by atoms with Gasteiger partial charge in [0.15, 0.2) is 0 Å². The molecule has 0 aliphatic carbocycles. The van der Waals surface area contributed by atoms with Gasteiger partial charge in [0.2, 0.25) is 10.0 Å². The number of ether oxygens (including phenoxy) is 1. The van der Waals surface area contributed by atoms with Crippen LogP contribution in [0.15, 0.2) is 53.6 Å². The number of nitrogens with one attached hydrogen (secondary N) is 1. The van der Waals surface area contributed by atoms with Crippen molar-refractivity contribution in [3.63, 3.8) is 0 Å². The van der Waals surface area contributed by atoms with Crippen molar-refractivity contribution in [1.82, 2.24) is 9.71 Å². The Balaban J connectivity index is 2.07. The molecule has 3 rings (SSSR count). The fraction of sp³-hybridized carbons (Fsp3) is 0.227. The van der Waals surface area contributed by atoms with Crippen molar-refractivity contribution < 1.29 is 36.4 Å². The van der Waals surface area contributed by atoms with Crippen LogP contribution >= 0.6 is 23.2 Å². The van der Waals surface area contributed by atoms with Crippen LogP contribution in [-0.4, -0.2) is 30.5 Å². The van der Waals surface area contributed by atoms with Gasteiger partial charge in [-0.2, -0.15) is 17.9 Å². The Kier molecular flexibility index (Phi) is 8.47. The SMILES string of the molecule is COC(NS(=O)(=O)c1ccc(Cl)c(C(F)(F)F)c1)c1cc(C)cnc1C(O)c1cc([N+](=O)[O-])ccc1Cl. The molecule has 2 N–H and O–H groups in total. The van der Waals surface area contributed by atoms with Crippen molar-refractivity contribution in [2.75, 3.05) is 7.11 Å². The summed E-state index contributed by atoms with van der Waals surface area (Å²) in [4.78, 5) is 13.9. The molecule has 2 unspecified atom stereocenters. The Morgan fingerprint density at radius 1 is 1.11 bits per heavy atom. The van der Waals surface area contributed by atoms with E-state index < -0.39 is 48.9 Å². The number of aromatic nitrogens is 1. The highest BCUT2D eigenvalue weighted by atomic mass is 35.5. The van der Waals surface area contributed by atoms with Crippen LogP contribution in [0.1, 0.15) is 40.3 Å². The Morgan fingerprint density at radius 2 is 1.76 bits per heavy atom. The highest BCUT2D eigenvalue weighted by molar-refractivity contribution is 7.89. The van der Waals surface area contributed by atoms with E-state index in [1.165, 1.54) is 18.3 Å². The number of nitrogens with zero attached hydrogens (tertiary/aromatic N) is 2. The molecule has 15 heteroatoms. The largest absolute Gasteiger partial charge is 0.417 e. The average Bonchev–Trinajstić information content (AvgIpc) is 2.81. The zero-order valence-electron chi connectivity index (χ0n) is 19.0. The molecule has 37 heavy (non-hydrogen) atoms. The van der Waals surface area contributed by atoms with Crippen LogP contribution in [-0.2, 0) is 20.9 Å². The van der Waals surface area contributed by atoms with E-state index in [4.69, 9.17) is 27.9 Å². The van der Waals surface area contributed by atoms with Gasteiger partial charge in [-0.05, 0) is 42.8 Å². The molecule has 0 amide bonds. The van der Waals surface area contributed by atoms with Gasteiger partial charge in [-0.3, -0.25) is 15.1 Å². The molecule has 0 fully saturated rings. The Hall–Kier alpha value is -2.81. The molecule has 0 spiro atoms. The minimum absolute atomic E-state index is 0.00819. The number of benzene rings is 2. The van der Waals surface area contributed by atoms with Gasteiger partial charge < -0.3 is 9.84 Å². The minimum Gasteiger partial charge on any atom is -0.382 e. The molecule has 2 aromatic carbocycles. The first-order valence-electron chi connectivity index (χ1n) is 10.2. The summed E-state index contributed by atoms with van der Waals surface area (Å²) in [6.07, 6.45) is -6.75. The van der Waals surface area contributed by atoms with Gasteiger partial charge in [-0.25, -0.2) is 8.42 Å². The second-order valence-corrected chi connectivity index (χ2v) is 10.3. The molecule has 0 saturated carbocycles. The molecule has 198 valence electrons. The van der Waals surface area contributed by atoms with Gasteiger partial charge in [-0.1, -0.05) is 23.2 Å². The monoisotopic (exact) mass is 579 g/mol. The third-order valence-corrected chi connectivity index (χ3v) is 7.24. The molecule has 9 nitrogen and oxygen atoms in total. The van der Waals surface area contributed by atoms with Gasteiger partial charge in [0.25, 0.3) is 5.69 Å². The van der Waals surface area contributed by atoms with Crippen LogP contribution in [0.4, 0.5) is 18.9 Å². The van der Waals surface area contributed by atoms with Crippen LogP contribution in [0.3, 0.4) is 0 Å². The number of pyridine rings is 1. The van der Waals surface area contributed by atoms with Crippen LogP contribution in [0.5, 0.6) is 0 Å². The van der Waals surface area contributed by atoms with Crippen molar-refractivity contribution in [1.29, 1.82) is 0 Å². The van der Waals surface area contributed by atoms with Crippen molar-refractivity contribution in [3.8, 4) is 0 Å². The molecule has 0 aliphatic heterocycles. The van der Waals surface area contributed by atoms with Gasteiger partial charge in [0.1, 0.15) is 12.3 Å². The van der Waals surface area contributed by atoms with Gasteiger partial charge in [-0.15, -0.1) is 0 Å². The van der Waals surface area contributed by atoms with E-state index in [9.17, 15) is 36.8 Å². The maximum absolute atomic E-state index is 13.3. The molecule has 1 heterocycles. The summed E-state index contributed by atoms with van der Waals surface area (Å²) in [7, 11) is -3.50. The molecule has 0 radical (unpaired) electrons. The van der Waals surface area contributed by atoms with E-state index in [2.05, 4.69) is 9.71 Å². The molecule has 1 aromatic heterocycles. The first kappa shape index (κ1) is 28.8. The number of hydrogen-bond acceptors (Lipinski definition) is 7. The number of halogens is 5. The Bertz CT molecular complexity index is 1450. The third-order valence-electron chi connectivity index (χ3n) is 5.16. The average molecular weight is 580 g/mol. The lowest BCUT2D eigenvalue weighted by molar-refractivity contribution is -0.385. The number of methoxy groups -OCH3 is 1. The van der Waals surface area contributed by atoms with Crippen molar-refractivity contribution in [2.24, 2.45) is 0 Å². The zero-order chi connectivity index (χ0) is 27.7. The summed E-state index contributed by atoms with van der Waals surface area (Å²) in [6.45, 7) is 1.61. The second kappa shape index (κ2) is 10.9. The van der Waals surface area contributed by atoms with Crippen molar-refractivity contribution in [3.05, 3.63) is 96.8 Å². The summed E-state index contributed by atoms with van der Waals surface area (Å²) in [5.41, 5.74) is -1.44. The molecular formula is C22H18Cl2F3N3O6S. The lowest BCUT2D eigenvalue weighted by Gasteiger charge is -2.23. The predicted molar refractivity (Wildman–Crippen MR) is 128 cm³/mol. The number of nitro groups is 1. The summed E-state index contributed by atoms with van der Waals surface area (Å²) >= 11 is 11.7. The fourth-order valence-electron chi connectivity index (χ4n) is 3.38. The highest BCUT2D eigenvalue weighted by Gasteiger charge is 2.35. The van der Waals surface area contributed by atoms with E-state index in [-0.39, 0.29) is 27.5 Å². The number of hydrogen-bond donors (Lipinski definition) is 2. The number of sulfonamides is 1. The summed E-state index contributed by atoms with van der Waals surface area (Å²) in [5, 5.41) is 21.5. The Morgan fingerprint density at radius 3 is 2.35 bits per heavy atom. The standard InChI is InChI=1S/C22H18Cl2F3N3O6S/c1-11-7-15(19(28-10-11)20(31)14-8-12(30(32)33)3-5-17(14)23)21(36-2)29-37(34,35)13-4-6-18(24)16(9-13)22(25,26)27/h3-10,20-21,29,31H,1-2H3. The van der Waals surface area contributed by atoms with Crippen LogP contribution < -0.4 is 4.72 Å². The number of aliphatic hydroxyl groups excluding tert-OH is 1. The molecular weight excluding hydrogens is 562 g/mol. The van der Waals surface area contributed by atoms with E-state index in [0.717, 1.165) is 31.4 Å². The molecule has 0 saturated heterocycles. The number of nitro benzene ring substituents is 1. The fourth-order valence-corrected chi connectivity index (χ4v) is 4.99. The van der Waals surface area contributed by atoms with Crippen LogP contribution in [0, 0.1) is 17.0 Å². The maximum Gasteiger partial charge on any atom is 0.417 e. The van der Waals surface area contributed by atoms with Crippen molar-refractivity contribution in [2.45, 2.75) is 30.3 Å². The van der Waals surface area contributed by atoms with E-state index in [0.29, 0.717) is 11.6 Å². The van der Waals surface area contributed by atoms with Gasteiger partial charge >= 0.3 is 6.18 Å². The molecule has 3 aromatic rings. The number of non-ortho nitro benzene ring substituents is 1. The number of rotatable bonds is 8. The smallest absolute Gasteiger partial charge is 0.382 e. The van der Waals surface area contributed by atoms with Gasteiger partial charge in [0, 0.05) is 41.6 Å². The summed E-state index contributed by atoms with van der Waals surface area (Å²) in [5.74, 6) is 0. The second-order valence-electron chi connectivity index (χ2n) is 7.73. The minimum atomic E-state index is -4.90. The topological polar surface area (TPSA) is 132 Å². The number of aryl methyl sites for hydroxylation is 1. The normalized spacial score (nSPS) is 13.8. The maximum atomic E-state index is 13.3. The quantitative estimate of drug-likeness (QED) is 0.209. The van der Waals surface area contributed by atoms with E-state index >= 15 is 0 Å². The summed E-state index contributed by atoms with van der Waals surface area (Å²) < 4.78 is 73.2. The first-order valence-corrected chi connectivity index (χ1v) is 12.4. The molecule has 0 aliphatic rings. The molecule has 0 bridgehead atoms. The summed E-state index contributed by atoms with van der Waals surface area (Å²) in [6, 6.07) is 6.88.